The number of allylic oxidation sites excluding steroid dienone is 6. The number of amides is 7. The predicted octanol–water partition coefficient (Wildman–Crippen LogP) is 3.56. The number of hydrogen-bond donors (Lipinski definition) is 9. The number of aliphatic hydroxyl groups is 2. The Kier molecular flexibility index (Phi) is 24.2. The van der Waals surface area contributed by atoms with Crippen LogP contribution >= 0.6 is 20.2 Å². The minimum atomic E-state index is -5.32. The van der Waals surface area contributed by atoms with E-state index in [1.165, 1.54) is 17.8 Å². The van der Waals surface area contributed by atoms with Gasteiger partial charge >= 0.3 is 16.8 Å². The number of imidazole rings is 1. The van der Waals surface area contributed by atoms with Gasteiger partial charge < -0.3 is 84.0 Å². The summed E-state index contributed by atoms with van der Waals surface area (Å²) in [6.45, 7) is 19.0. The summed E-state index contributed by atoms with van der Waals surface area (Å²) in [4.78, 5) is 128. The van der Waals surface area contributed by atoms with Gasteiger partial charge in [0.2, 0.25) is 41.4 Å². The van der Waals surface area contributed by atoms with Crippen molar-refractivity contribution in [2.45, 2.75) is 189 Å². The molecule has 514 valence electrons. The number of aliphatic imine (C=N–C) groups is 3. The molecule has 16 N–H and O–H groups in total. The first-order valence-corrected chi connectivity index (χ1v) is 32.0. The van der Waals surface area contributed by atoms with Crippen molar-refractivity contribution < 1.29 is 89.3 Å². The number of nitrogens with two attached hydrogens (primary N) is 6. The molecular weight excluding hydrogens is 1290 g/mol. The van der Waals surface area contributed by atoms with Gasteiger partial charge in [-0.05, 0) is 119 Å². The van der Waals surface area contributed by atoms with Crippen LogP contribution in [0.5, 0.6) is 0 Å². The van der Waals surface area contributed by atoms with E-state index in [9.17, 15) is 53.2 Å². The molecule has 6 aliphatic heterocycles. The van der Waals surface area contributed by atoms with Gasteiger partial charge in [0.05, 0.1) is 41.3 Å². The van der Waals surface area contributed by atoms with Crippen molar-refractivity contribution in [1.82, 2.24) is 14.9 Å². The molecule has 1 aromatic carbocycles. The second-order valence-corrected chi connectivity index (χ2v) is 28.3. The van der Waals surface area contributed by atoms with Crippen LogP contribution in [0.15, 0.2) is 67.8 Å². The zero-order chi connectivity index (χ0) is 66.7. The van der Waals surface area contributed by atoms with Gasteiger partial charge in [-0.1, -0.05) is 40.7 Å². The molecule has 2 fully saturated rings. The van der Waals surface area contributed by atoms with Gasteiger partial charge in [0.25, 0.3) is 7.82 Å². The zero-order valence-corrected chi connectivity index (χ0v) is 57.1. The Morgan fingerprint density at radius 3 is 1.95 bits per heavy atom. The first-order chi connectivity index (χ1) is 41.8. The number of nitrogens with one attached hydrogen (secondary N) is 1. The third-order valence-corrected chi connectivity index (χ3v) is 21.6. The SMILES string of the molecule is C/C1=C2N=C(/C=C3N=C(/C(C)=C4\[N-]C(C(CC(N)=O)C4(C)CCC(=O)NCC(C)OP(=O)([O-])OC4C(CO)OC(n5cnc6cc(C)c(C)cc65)C4O)C4(C)N=C1C(CCC(N)=O)C4(C)CC(N)=O)C(CCC(N)=O)C\3(C)C)C(CCC(N)=O)C/2(C)CC(N)=O.Cl.[Co+3].[OH-]. The zero-order valence-electron chi connectivity index (χ0n) is 54.4. The number of primary amides is 6. The molecule has 28 nitrogen and oxygen atoms in total. The molecule has 0 aliphatic carbocycles. The number of rotatable bonds is 26. The van der Waals surface area contributed by atoms with Crippen molar-refractivity contribution in [3.63, 3.8) is 0 Å². The maximum Gasteiger partial charge on any atom is 3.00 e. The number of aliphatic hydroxyl groups excluding tert-OH is 2. The normalized spacial score (nSPS) is 33.1. The first kappa shape index (κ1) is 77.5. The molecule has 93 heavy (non-hydrogen) atoms. The molecule has 0 spiro atoms. The monoisotopic (exact) mass is 1380 g/mol. The number of ether oxygens (including phenoxy) is 1. The van der Waals surface area contributed by atoms with Crippen LogP contribution in [0.2, 0.25) is 0 Å². The Hall–Kier alpha value is -6.24. The number of halogens is 1. The Bertz CT molecular complexity index is 3550. The molecule has 8 rings (SSSR count). The second kappa shape index (κ2) is 29.0. The third-order valence-electron chi connectivity index (χ3n) is 20.5. The van der Waals surface area contributed by atoms with Crippen LogP contribution in [0.3, 0.4) is 0 Å². The van der Waals surface area contributed by atoms with Gasteiger partial charge in [0, 0.05) is 108 Å². The molecule has 7 heterocycles. The fraction of sp³-hybridized carbons (Fsp3) is 0.629. The minimum absolute atomic E-state index is 0. The summed E-state index contributed by atoms with van der Waals surface area (Å²) >= 11 is 0. The molecule has 31 heteroatoms. The number of aryl methyl sites for hydroxylation is 2. The summed E-state index contributed by atoms with van der Waals surface area (Å²) in [6.07, 6.45) is -4.79. The van der Waals surface area contributed by atoms with E-state index in [-0.39, 0.29) is 112 Å². The van der Waals surface area contributed by atoms with E-state index in [0.29, 0.717) is 56.4 Å². The van der Waals surface area contributed by atoms with E-state index in [4.69, 9.17) is 68.5 Å². The summed E-state index contributed by atoms with van der Waals surface area (Å²) in [6, 6.07) is 2.65. The average molecular weight is 1380 g/mol. The molecule has 2 aromatic rings. The topological polar surface area (TPSA) is 495 Å². The standard InChI is InChI=1S/C62H90N13O14P.ClH.Co.H2O/c1-29-20-39-40(21-30(29)2)75(28-70-39)57-52(84)53(41(27-76)87-57)89-90(85,86)88-31(3)26-69-49(83)18-19-59(8)37(22-46(66)80)56-62(11)61(10,25-48(68)82)36(14-17-45(65)79)51(74-62)33(5)55-60(9,24-47(67)81)34(12-15-43(63)77)38(71-55)23-42-58(6,7)35(13-16-44(64)78)50(72-42)32(4)54(59)73-56;;;/h20-21,23,28,31,34-37,41,52-53,56-57,76,84H,12-19,22,24-27H2,1-11H3,(H15,63,64,65,66,67,68,69,71,72,73,74,77,78,79,80,81,82,83,85,86);1H;;1H2/q;;+3;/p-3. The average Bonchev–Trinajstić information content (AvgIpc) is 1.53. The van der Waals surface area contributed by atoms with E-state index >= 15 is 0 Å². The van der Waals surface area contributed by atoms with Crippen molar-refractivity contribution in [2.75, 3.05) is 13.2 Å². The van der Waals surface area contributed by atoms with E-state index in [1.807, 2.05) is 80.5 Å². The molecule has 6 aliphatic rings. The largest absolute Gasteiger partial charge is 3.00 e. The van der Waals surface area contributed by atoms with Crippen molar-refractivity contribution in [3.8, 4) is 0 Å². The van der Waals surface area contributed by atoms with E-state index in [2.05, 4.69) is 10.3 Å². The molecule has 0 saturated carbocycles. The smallest absolute Gasteiger partial charge is 0.870 e. The first-order valence-electron chi connectivity index (χ1n) is 30.5. The molecular formula is C62H90ClCoN13O15P. The van der Waals surface area contributed by atoms with Crippen LogP contribution in [0, 0.1) is 59.2 Å². The van der Waals surface area contributed by atoms with Crippen LogP contribution in [-0.4, -0.2) is 133 Å². The molecule has 15 unspecified atom stereocenters. The number of hydrogen-bond acceptors (Lipinski definition) is 19. The van der Waals surface area contributed by atoms with Gasteiger partial charge in [-0.2, -0.15) is 5.70 Å². The summed E-state index contributed by atoms with van der Waals surface area (Å²) < 4.78 is 31.9. The Morgan fingerprint density at radius 2 is 1.38 bits per heavy atom. The summed E-state index contributed by atoms with van der Waals surface area (Å²) in [5.41, 5.74) is 36.7. The van der Waals surface area contributed by atoms with Crippen LogP contribution in [0.25, 0.3) is 16.4 Å². The van der Waals surface area contributed by atoms with Gasteiger partial charge in [0.1, 0.15) is 18.3 Å². The van der Waals surface area contributed by atoms with E-state index in [1.54, 1.807) is 6.92 Å². The van der Waals surface area contributed by atoms with Gasteiger partial charge in [-0.15, -0.1) is 12.4 Å². The summed E-state index contributed by atoms with van der Waals surface area (Å²) in [5, 5.41) is 30.1. The summed E-state index contributed by atoms with van der Waals surface area (Å²) in [5.74, 6) is -7.40. The maximum absolute atomic E-state index is 14.4. The molecule has 8 bridgehead atoms. The molecule has 7 amide bonds. The molecule has 1 aromatic heterocycles. The van der Waals surface area contributed by atoms with Crippen LogP contribution in [-0.2, 0) is 68.7 Å². The van der Waals surface area contributed by atoms with Crippen LogP contribution in [0.1, 0.15) is 150 Å². The quantitative estimate of drug-likeness (QED) is 0.0608. The van der Waals surface area contributed by atoms with Gasteiger partial charge in [-0.25, -0.2) is 4.98 Å². The maximum atomic E-state index is 14.4. The number of fused-ring (bicyclic) bond motifs is 7. The van der Waals surface area contributed by atoms with Crippen molar-refractivity contribution in [1.29, 1.82) is 0 Å². The summed E-state index contributed by atoms with van der Waals surface area (Å²) in [7, 11) is -5.32. The Morgan fingerprint density at radius 1 is 0.796 bits per heavy atom. The number of carbonyl (C=O) groups excluding carboxylic acids is 7. The molecule has 0 radical (unpaired) electrons. The number of phosphoric acid groups is 1. The number of nitrogens with zero attached hydrogens (tertiary/aromatic N) is 6. The second-order valence-electron chi connectivity index (χ2n) is 27.0. The Balaban J connectivity index is 0.00000523. The minimum Gasteiger partial charge on any atom is -0.870 e. The fourth-order valence-electron chi connectivity index (χ4n) is 15.3. The number of carbonyl (C=O) groups is 7. The number of phosphoric ester groups is 1. The predicted molar refractivity (Wildman–Crippen MR) is 341 cm³/mol. The number of aromatic nitrogens is 2. The van der Waals surface area contributed by atoms with Gasteiger partial charge in [0.15, 0.2) is 6.23 Å². The van der Waals surface area contributed by atoms with Crippen LogP contribution in [0.4, 0.5) is 0 Å². The van der Waals surface area contributed by atoms with E-state index in [0.717, 1.165) is 11.1 Å². The molecule has 2 saturated heterocycles. The van der Waals surface area contributed by atoms with Crippen LogP contribution < -0.4 is 44.6 Å². The van der Waals surface area contributed by atoms with Crippen molar-refractivity contribution >= 4 is 89.7 Å². The molecule has 15 atom stereocenters. The number of benzene rings is 1. The Labute approximate surface area is 557 Å². The van der Waals surface area contributed by atoms with Crippen molar-refractivity contribution in [2.24, 2.45) is 94.7 Å². The van der Waals surface area contributed by atoms with Gasteiger partial charge in [-0.3, -0.25) is 53.1 Å². The van der Waals surface area contributed by atoms with E-state index < -0.39 is 143 Å². The van der Waals surface area contributed by atoms with Crippen molar-refractivity contribution in [3.05, 3.63) is 69.2 Å². The third kappa shape index (κ3) is 14.9. The fourth-order valence-corrected chi connectivity index (χ4v) is 16.4.